The summed E-state index contributed by atoms with van der Waals surface area (Å²) in [7, 11) is 0. The highest BCUT2D eigenvalue weighted by Gasteiger charge is 2.14. The number of carbonyl (C=O) groups excluding carboxylic acids is 4. The van der Waals surface area contributed by atoms with E-state index < -0.39 is 36.9 Å². The van der Waals surface area contributed by atoms with Crippen LogP contribution in [0, 0.1) is 11.3 Å². The molecule has 3 amide bonds. The third-order valence-electron chi connectivity index (χ3n) is 3.57. The smallest absolute Gasteiger partial charge is 0.387 e. The van der Waals surface area contributed by atoms with Crippen molar-refractivity contribution in [2.24, 2.45) is 0 Å². The normalized spacial score (nSPS) is 10.0. The monoisotopic (exact) mass is 431 g/mol. The first-order valence-electron chi connectivity index (χ1n) is 8.61. The van der Waals surface area contributed by atoms with Crippen LogP contribution < -0.4 is 15.4 Å². The third kappa shape index (κ3) is 7.54. The maximum absolute atomic E-state index is 12.1. The molecule has 160 valence electrons. The summed E-state index contributed by atoms with van der Waals surface area (Å²) in [5.74, 6) is -3.21. The Morgan fingerprint density at radius 3 is 2.13 bits per heavy atom. The number of halogens is 2. The number of hydrogen-bond acceptors (Lipinski definition) is 7. The molecule has 31 heavy (non-hydrogen) atoms. The third-order valence-corrected chi connectivity index (χ3v) is 3.57. The summed E-state index contributed by atoms with van der Waals surface area (Å²) in [6.45, 7) is -3.74. The minimum atomic E-state index is -3.01. The molecule has 0 heterocycles. The molecule has 0 saturated heterocycles. The van der Waals surface area contributed by atoms with Gasteiger partial charge in [0.15, 0.2) is 6.61 Å². The van der Waals surface area contributed by atoms with Gasteiger partial charge in [-0.2, -0.15) is 14.0 Å². The van der Waals surface area contributed by atoms with E-state index >= 15 is 0 Å². The Morgan fingerprint density at radius 2 is 1.55 bits per heavy atom. The van der Waals surface area contributed by atoms with Gasteiger partial charge in [-0.15, -0.1) is 0 Å². The minimum Gasteiger partial charge on any atom is -0.452 e. The van der Waals surface area contributed by atoms with E-state index in [1.165, 1.54) is 36.4 Å². The van der Waals surface area contributed by atoms with Gasteiger partial charge in [0.25, 0.3) is 11.8 Å². The lowest BCUT2D eigenvalue weighted by Crippen LogP contribution is -2.34. The van der Waals surface area contributed by atoms with Crippen LogP contribution in [0.15, 0.2) is 48.5 Å². The summed E-state index contributed by atoms with van der Waals surface area (Å²) >= 11 is 0. The zero-order valence-electron chi connectivity index (χ0n) is 15.8. The van der Waals surface area contributed by atoms with E-state index in [0.717, 1.165) is 12.1 Å². The van der Waals surface area contributed by atoms with Crippen molar-refractivity contribution in [3.05, 3.63) is 59.7 Å². The molecule has 0 fully saturated rings. The molecule has 2 aromatic carbocycles. The Kier molecular flexibility index (Phi) is 8.15. The van der Waals surface area contributed by atoms with Crippen LogP contribution >= 0.6 is 0 Å². The molecule has 0 radical (unpaired) electrons. The molecule has 2 aromatic rings. The highest BCUT2D eigenvalue weighted by Crippen LogP contribution is 2.15. The van der Waals surface area contributed by atoms with E-state index in [2.05, 4.69) is 10.1 Å². The first-order chi connectivity index (χ1) is 14.8. The van der Waals surface area contributed by atoms with Gasteiger partial charge in [-0.25, -0.2) is 4.79 Å². The molecular weight excluding hydrogens is 416 g/mol. The number of rotatable bonds is 8. The second-order valence-corrected chi connectivity index (χ2v) is 5.82. The molecule has 0 bridgehead atoms. The summed E-state index contributed by atoms with van der Waals surface area (Å²) in [6.07, 6.45) is -0.314. The number of nitriles is 1. The fraction of sp³-hybridized carbons (Fsp3) is 0.150. The van der Waals surface area contributed by atoms with Gasteiger partial charge in [-0.1, -0.05) is 0 Å². The molecule has 0 unspecified atom stereocenters. The number of hydrogen-bond donors (Lipinski definition) is 2. The Labute approximate surface area is 174 Å². The summed E-state index contributed by atoms with van der Waals surface area (Å²) in [4.78, 5) is 47.1. The van der Waals surface area contributed by atoms with E-state index in [-0.39, 0.29) is 23.3 Å². The minimum absolute atomic E-state index is 0.00956. The average Bonchev–Trinajstić information content (AvgIpc) is 2.72. The number of nitrogens with one attached hydrogen (secondary N) is 2. The standard InChI is InChI=1S/C20H15F2N3O6/c21-20(22)31-15-7-3-12(4-8-15)18(28)25-17(27)11-30-19(29)13-1-5-14(6-2-13)24-16(26)9-10-23/h1-8,20H,9,11H2,(H,24,26)(H,25,27,28). The molecule has 0 saturated carbocycles. The number of esters is 1. The van der Waals surface area contributed by atoms with Crippen LogP contribution in [0.1, 0.15) is 27.1 Å². The molecule has 0 spiro atoms. The van der Waals surface area contributed by atoms with Crippen LogP contribution in [0.4, 0.5) is 14.5 Å². The van der Waals surface area contributed by atoms with Gasteiger partial charge in [0.1, 0.15) is 12.2 Å². The molecule has 0 aliphatic rings. The van der Waals surface area contributed by atoms with E-state index in [0.29, 0.717) is 5.69 Å². The topological polar surface area (TPSA) is 135 Å². The number of imide groups is 1. The lowest BCUT2D eigenvalue weighted by atomic mass is 10.2. The van der Waals surface area contributed by atoms with Crippen LogP contribution in [0.2, 0.25) is 0 Å². The summed E-state index contributed by atoms with van der Waals surface area (Å²) in [6, 6.07) is 11.9. The second kappa shape index (κ2) is 11.0. The lowest BCUT2D eigenvalue weighted by Gasteiger charge is -2.08. The van der Waals surface area contributed by atoms with Crippen molar-refractivity contribution in [2.75, 3.05) is 11.9 Å². The predicted octanol–water partition coefficient (Wildman–Crippen LogP) is 2.25. The number of carbonyl (C=O) groups is 4. The van der Waals surface area contributed by atoms with Gasteiger partial charge in [0.2, 0.25) is 5.91 Å². The van der Waals surface area contributed by atoms with Crippen molar-refractivity contribution in [1.29, 1.82) is 5.26 Å². The number of alkyl halides is 2. The summed E-state index contributed by atoms with van der Waals surface area (Å²) in [5.41, 5.74) is 0.465. The molecule has 11 heteroatoms. The number of amides is 3. The molecule has 0 aromatic heterocycles. The zero-order chi connectivity index (χ0) is 22.8. The van der Waals surface area contributed by atoms with Crippen molar-refractivity contribution < 1.29 is 37.4 Å². The molecule has 2 rings (SSSR count). The largest absolute Gasteiger partial charge is 0.452 e. The van der Waals surface area contributed by atoms with E-state index in [1.807, 2.05) is 5.32 Å². The number of anilines is 1. The molecule has 0 aliphatic heterocycles. The van der Waals surface area contributed by atoms with Gasteiger partial charge < -0.3 is 14.8 Å². The molecule has 0 atom stereocenters. The van der Waals surface area contributed by atoms with E-state index in [9.17, 15) is 28.0 Å². The van der Waals surface area contributed by atoms with Gasteiger partial charge >= 0.3 is 12.6 Å². The van der Waals surface area contributed by atoms with Crippen LogP contribution in [-0.4, -0.2) is 36.9 Å². The fourth-order valence-corrected chi connectivity index (χ4v) is 2.20. The highest BCUT2D eigenvalue weighted by atomic mass is 19.3. The Balaban J connectivity index is 1.82. The number of nitrogens with zero attached hydrogens (tertiary/aromatic N) is 1. The molecule has 0 aliphatic carbocycles. The van der Waals surface area contributed by atoms with Crippen molar-refractivity contribution in [3.8, 4) is 11.8 Å². The van der Waals surface area contributed by atoms with Crippen LogP contribution in [0.5, 0.6) is 5.75 Å². The second-order valence-electron chi connectivity index (χ2n) is 5.82. The van der Waals surface area contributed by atoms with Crippen LogP contribution in [0.25, 0.3) is 0 Å². The zero-order valence-corrected chi connectivity index (χ0v) is 15.8. The SMILES string of the molecule is N#CCC(=O)Nc1ccc(C(=O)OCC(=O)NC(=O)c2ccc(OC(F)F)cc2)cc1. The lowest BCUT2D eigenvalue weighted by molar-refractivity contribution is -0.123. The van der Waals surface area contributed by atoms with Gasteiger partial charge in [0, 0.05) is 11.3 Å². The fourth-order valence-electron chi connectivity index (χ4n) is 2.20. The molecule has 9 nitrogen and oxygen atoms in total. The van der Waals surface area contributed by atoms with E-state index in [4.69, 9.17) is 10.00 Å². The van der Waals surface area contributed by atoms with Crippen molar-refractivity contribution in [1.82, 2.24) is 5.32 Å². The Hall–Kier alpha value is -4.33. The maximum atomic E-state index is 12.1. The Morgan fingerprint density at radius 1 is 0.935 bits per heavy atom. The van der Waals surface area contributed by atoms with Crippen molar-refractivity contribution >= 4 is 29.4 Å². The van der Waals surface area contributed by atoms with Crippen molar-refractivity contribution in [3.63, 3.8) is 0 Å². The van der Waals surface area contributed by atoms with Gasteiger partial charge in [-0.3, -0.25) is 19.7 Å². The number of ether oxygens (including phenoxy) is 2. The quantitative estimate of drug-likeness (QED) is 0.612. The van der Waals surface area contributed by atoms with Crippen LogP contribution in [0.3, 0.4) is 0 Å². The first-order valence-corrected chi connectivity index (χ1v) is 8.61. The Bertz CT molecular complexity index is 1000. The van der Waals surface area contributed by atoms with E-state index in [1.54, 1.807) is 6.07 Å². The molecular formula is C20H15F2N3O6. The first kappa shape index (κ1) is 23.0. The highest BCUT2D eigenvalue weighted by molar-refractivity contribution is 6.05. The predicted molar refractivity (Wildman–Crippen MR) is 101 cm³/mol. The maximum Gasteiger partial charge on any atom is 0.387 e. The van der Waals surface area contributed by atoms with Crippen molar-refractivity contribution in [2.45, 2.75) is 13.0 Å². The van der Waals surface area contributed by atoms with Crippen LogP contribution in [-0.2, 0) is 14.3 Å². The van der Waals surface area contributed by atoms with Gasteiger partial charge in [0.05, 0.1) is 11.6 Å². The summed E-state index contributed by atoms with van der Waals surface area (Å²) in [5, 5.41) is 12.9. The average molecular weight is 431 g/mol. The molecule has 2 N–H and O–H groups in total. The summed E-state index contributed by atoms with van der Waals surface area (Å²) < 4.78 is 33.2. The van der Waals surface area contributed by atoms with Gasteiger partial charge in [-0.05, 0) is 48.5 Å². The number of benzene rings is 2.